The molecule has 1 aromatic carbocycles. The number of benzene rings is 1. The van der Waals surface area contributed by atoms with Crippen LogP contribution >= 0.6 is 0 Å². The molecule has 27 heavy (non-hydrogen) atoms. The maximum atomic E-state index is 12.8. The van der Waals surface area contributed by atoms with Crippen LogP contribution in [0.4, 0.5) is 0 Å². The second kappa shape index (κ2) is 8.42. The summed E-state index contributed by atoms with van der Waals surface area (Å²) >= 11 is 0. The molecule has 1 atom stereocenters. The Hall–Kier alpha value is -2.56. The molecule has 1 heterocycles. The van der Waals surface area contributed by atoms with Gasteiger partial charge in [0, 0.05) is 17.7 Å². The molecule has 3 rings (SSSR count). The Morgan fingerprint density at radius 2 is 1.93 bits per heavy atom. The summed E-state index contributed by atoms with van der Waals surface area (Å²) in [5, 5.41) is 0. The molecule has 1 aliphatic carbocycles. The quantitative estimate of drug-likeness (QED) is 0.572. The van der Waals surface area contributed by atoms with Crippen molar-refractivity contribution in [2.75, 3.05) is 13.2 Å². The van der Waals surface area contributed by atoms with Gasteiger partial charge in [-0.3, -0.25) is 4.79 Å². The molecule has 0 saturated carbocycles. The standard InChI is InChI=1S/C22H27NO4/c1-4-6-11-27-22(25)21-14(3)20-18(23-21)12-16(13-19(20)24)15-7-9-17(10-8-15)26-5-2/h7-10,16,23H,4-6,11-13H2,1-3H3/t16-/m1/s1. The fourth-order valence-electron chi connectivity index (χ4n) is 3.66. The summed E-state index contributed by atoms with van der Waals surface area (Å²) in [7, 11) is 0. The van der Waals surface area contributed by atoms with Crippen molar-refractivity contribution in [3.8, 4) is 5.75 Å². The molecule has 0 radical (unpaired) electrons. The lowest BCUT2D eigenvalue weighted by Gasteiger charge is -2.22. The zero-order valence-corrected chi connectivity index (χ0v) is 16.3. The third-order valence-electron chi connectivity index (χ3n) is 5.09. The highest BCUT2D eigenvalue weighted by atomic mass is 16.5. The molecule has 2 aromatic rings. The average Bonchev–Trinajstić information content (AvgIpc) is 3.00. The number of carbonyl (C=O) groups excluding carboxylic acids is 2. The van der Waals surface area contributed by atoms with Crippen LogP contribution in [0.25, 0.3) is 0 Å². The normalized spacial score (nSPS) is 16.1. The lowest BCUT2D eigenvalue weighted by atomic mass is 9.81. The largest absolute Gasteiger partial charge is 0.494 e. The summed E-state index contributed by atoms with van der Waals surface area (Å²) < 4.78 is 10.8. The molecule has 1 aliphatic rings. The van der Waals surface area contributed by atoms with Gasteiger partial charge in [-0.25, -0.2) is 4.79 Å². The smallest absolute Gasteiger partial charge is 0.355 e. The van der Waals surface area contributed by atoms with E-state index in [2.05, 4.69) is 4.98 Å². The van der Waals surface area contributed by atoms with Crippen LogP contribution in [0.2, 0.25) is 0 Å². The van der Waals surface area contributed by atoms with Gasteiger partial charge in [0.25, 0.3) is 0 Å². The minimum Gasteiger partial charge on any atom is -0.494 e. The van der Waals surface area contributed by atoms with E-state index >= 15 is 0 Å². The number of hydrogen-bond donors (Lipinski definition) is 1. The van der Waals surface area contributed by atoms with Crippen molar-refractivity contribution in [1.29, 1.82) is 0 Å². The van der Waals surface area contributed by atoms with Gasteiger partial charge in [0.15, 0.2) is 5.78 Å². The molecule has 1 aromatic heterocycles. The monoisotopic (exact) mass is 369 g/mol. The number of aromatic nitrogens is 1. The van der Waals surface area contributed by atoms with Crippen LogP contribution in [0.5, 0.6) is 5.75 Å². The third-order valence-corrected chi connectivity index (χ3v) is 5.09. The van der Waals surface area contributed by atoms with Crippen LogP contribution in [-0.2, 0) is 11.2 Å². The summed E-state index contributed by atoms with van der Waals surface area (Å²) in [6.45, 7) is 6.85. The topological polar surface area (TPSA) is 68.4 Å². The Bertz CT molecular complexity index is 820. The number of hydrogen-bond acceptors (Lipinski definition) is 4. The molecule has 5 heteroatoms. The van der Waals surface area contributed by atoms with E-state index in [1.165, 1.54) is 0 Å². The van der Waals surface area contributed by atoms with Crippen molar-refractivity contribution in [3.63, 3.8) is 0 Å². The molecule has 0 saturated heterocycles. The van der Waals surface area contributed by atoms with Crippen molar-refractivity contribution in [2.24, 2.45) is 0 Å². The predicted octanol–water partition coefficient (Wildman–Crippen LogP) is 4.59. The first-order valence-electron chi connectivity index (χ1n) is 9.69. The molecule has 144 valence electrons. The number of Topliss-reactive ketones (excluding diaryl/α,β-unsaturated/α-hetero) is 1. The number of nitrogens with one attached hydrogen (secondary N) is 1. The first kappa shape index (κ1) is 19.2. The number of aromatic amines is 1. The van der Waals surface area contributed by atoms with Crippen molar-refractivity contribution < 1.29 is 19.1 Å². The number of carbonyl (C=O) groups is 2. The molecule has 5 nitrogen and oxygen atoms in total. The van der Waals surface area contributed by atoms with E-state index in [1.807, 2.05) is 45.0 Å². The van der Waals surface area contributed by atoms with Gasteiger partial charge in [0.2, 0.25) is 0 Å². The number of H-pyrrole nitrogens is 1. The highest BCUT2D eigenvalue weighted by Gasteiger charge is 2.32. The fraction of sp³-hybridized carbons (Fsp3) is 0.455. The molecule has 0 aliphatic heterocycles. The van der Waals surface area contributed by atoms with Gasteiger partial charge in [0.05, 0.1) is 13.2 Å². The lowest BCUT2D eigenvalue weighted by Crippen LogP contribution is -2.18. The zero-order chi connectivity index (χ0) is 19.4. The summed E-state index contributed by atoms with van der Waals surface area (Å²) in [6, 6.07) is 7.91. The molecule has 0 amide bonds. The van der Waals surface area contributed by atoms with E-state index in [0.29, 0.717) is 42.9 Å². The van der Waals surface area contributed by atoms with Gasteiger partial charge in [-0.05, 0) is 55.9 Å². The van der Waals surface area contributed by atoms with Crippen LogP contribution in [-0.4, -0.2) is 30.0 Å². The number of unbranched alkanes of at least 4 members (excludes halogenated alkanes) is 1. The van der Waals surface area contributed by atoms with E-state index in [0.717, 1.165) is 29.8 Å². The predicted molar refractivity (Wildman–Crippen MR) is 104 cm³/mol. The SMILES string of the molecule is CCCCOC(=O)c1[nH]c2c(c1C)C(=O)C[C@H](c1ccc(OCC)cc1)C2. The summed E-state index contributed by atoms with van der Waals surface area (Å²) in [5.41, 5.74) is 3.74. The Morgan fingerprint density at radius 3 is 2.59 bits per heavy atom. The Labute approximate surface area is 160 Å². The summed E-state index contributed by atoms with van der Waals surface area (Å²) in [6.07, 6.45) is 2.96. The van der Waals surface area contributed by atoms with Crippen LogP contribution in [0.1, 0.15) is 76.7 Å². The molecule has 0 fully saturated rings. The number of ketones is 1. The van der Waals surface area contributed by atoms with Gasteiger partial charge in [-0.1, -0.05) is 25.5 Å². The van der Waals surface area contributed by atoms with E-state index < -0.39 is 0 Å². The summed E-state index contributed by atoms with van der Waals surface area (Å²) in [4.78, 5) is 28.3. The van der Waals surface area contributed by atoms with Crippen LogP contribution < -0.4 is 4.74 Å². The van der Waals surface area contributed by atoms with E-state index in [4.69, 9.17) is 9.47 Å². The Kier molecular flexibility index (Phi) is 5.99. The van der Waals surface area contributed by atoms with E-state index in [9.17, 15) is 9.59 Å². The lowest BCUT2D eigenvalue weighted by molar-refractivity contribution is 0.0492. The highest BCUT2D eigenvalue weighted by molar-refractivity contribution is 6.03. The molecule has 1 N–H and O–H groups in total. The molecule has 0 unspecified atom stereocenters. The number of ether oxygens (including phenoxy) is 2. The maximum absolute atomic E-state index is 12.8. The minimum absolute atomic E-state index is 0.0801. The number of esters is 1. The van der Waals surface area contributed by atoms with Gasteiger partial charge < -0.3 is 14.5 Å². The van der Waals surface area contributed by atoms with Crippen LogP contribution in [0.3, 0.4) is 0 Å². The Balaban J connectivity index is 1.79. The van der Waals surface area contributed by atoms with Gasteiger partial charge >= 0.3 is 5.97 Å². The molecular weight excluding hydrogens is 342 g/mol. The summed E-state index contributed by atoms with van der Waals surface area (Å²) in [5.74, 6) is 0.636. The van der Waals surface area contributed by atoms with Crippen molar-refractivity contribution >= 4 is 11.8 Å². The minimum atomic E-state index is -0.374. The fourth-order valence-corrected chi connectivity index (χ4v) is 3.66. The first-order valence-corrected chi connectivity index (χ1v) is 9.69. The second-order valence-corrected chi connectivity index (χ2v) is 7.00. The third kappa shape index (κ3) is 4.07. The average molecular weight is 369 g/mol. The van der Waals surface area contributed by atoms with Gasteiger partial charge in [-0.2, -0.15) is 0 Å². The van der Waals surface area contributed by atoms with E-state index in [-0.39, 0.29) is 17.7 Å². The maximum Gasteiger partial charge on any atom is 0.355 e. The second-order valence-electron chi connectivity index (χ2n) is 7.00. The van der Waals surface area contributed by atoms with Gasteiger partial charge in [0.1, 0.15) is 11.4 Å². The van der Waals surface area contributed by atoms with Crippen molar-refractivity contribution in [3.05, 3.63) is 52.3 Å². The van der Waals surface area contributed by atoms with E-state index in [1.54, 1.807) is 0 Å². The Morgan fingerprint density at radius 1 is 1.19 bits per heavy atom. The number of rotatable bonds is 7. The van der Waals surface area contributed by atoms with Crippen molar-refractivity contribution in [2.45, 2.75) is 52.4 Å². The first-order chi connectivity index (χ1) is 13.0. The van der Waals surface area contributed by atoms with Crippen molar-refractivity contribution in [1.82, 2.24) is 4.98 Å². The van der Waals surface area contributed by atoms with Crippen LogP contribution in [0.15, 0.2) is 24.3 Å². The van der Waals surface area contributed by atoms with Gasteiger partial charge in [-0.15, -0.1) is 0 Å². The number of fused-ring (bicyclic) bond motifs is 1. The zero-order valence-electron chi connectivity index (χ0n) is 16.3. The highest BCUT2D eigenvalue weighted by Crippen LogP contribution is 2.35. The van der Waals surface area contributed by atoms with Crippen LogP contribution in [0, 0.1) is 6.92 Å². The molecule has 0 spiro atoms. The molecular formula is C22H27NO4. The molecule has 0 bridgehead atoms.